The Balaban J connectivity index is 2.16. The van der Waals surface area contributed by atoms with Crippen molar-refractivity contribution < 1.29 is 9.53 Å². The van der Waals surface area contributed by atoms with Crippen LogP contribution in [0.2, 0.25) is 0 Å². The quantitative estimate of drug-likeness (QED) is 0.806. The molecule has 2 aromatic rings. The highest BCUT2D eigenvalue weighted by Crippen LogP contribution is 2.23. The van der Waals surface area contributed by atoms with Gasteiger partial charge in [0.05, 0.1) is 17.5 Å². The lowest BCUT2D eigenvalue weighted by molar-refractivity contribution is 0.102. The molecule has 4 N–H and O–H groups in total. The van der Waals surface area contributed by atoms with E-state index in [4.69, 9.17) is 10.5 Å². The minimum Gasteiger partial charge on any atom is -0.491 e. The van der Waals surface area contributed by atoms with Crippen molar-refractivity contribution in [3.63, 3.8) is 0 Å². The highest BCUT2D eigenvalue weighted by molar-refractivity contribution is 6.06. The molecule has 21 heavy (non-hydrogen) atoms. The summed E-state index contributed by atoms with van der Waals surface area (Å²) in [6.07, 6.45) is 0.108. The zero-order valence-electron chi connectivity index (χ0n) is 12.7. The van der Waals surface area contributed by atoms with Crippen LogP contribution in [0.25, 0.3) is 0 Å². The molecule has 6 heteroatoms. The van der Waals surface area contributed by atoms with E-state index in [2.05, 4.69) is 15.5 Å². The number of nitrogens with zero attached hydrogens (tertiary/aromatic N) is 1. The number of benzene rings is 1. The van der Waals surface area contributed by atoms with E-state index in [-0.39, 0.29) is 17.7 Å². The van der Waals surface area contributed by atoms with E-state index in [1.807, 2.05) is 32.9 Å². The van der Waals surface area contributed by atoms with Crippen molar-refractivity contribution in [1.82, 2.24) is 10.2 Å². The normalized spacial score (nSPS) is 10.7. The number of aryl methyl sites for hydroxylation is 2. The number of hydrogen-bond acceptors (Lipinski definition) is 4. The minimum atomic E-state index is -0.336. The van der Waals surface area contributed by atoms with Gasteiger partial charge in [0.2, 0.25) is 0 Å². The predicted octanol–water partition coefficient (Wildman–Crippen LogP) is 2.65. The largest absolute Gasteiger partial charge is 0.491 e. The van der Waals surface area contributed by atoms with Crippen LogP contribution in [0.5, 0.6) is 5.75 Å². The van der Waals surface area contributed by atoms with E-state index in [9.17, 15) is 4.79 Å². The summed E-state index contributed by atoms with van der Waals surface area (Å²) in [7, 11) is 0. The molecule has 0 aliphatic heterocycles. The maximum absolute atomic E-state index is 12.2. The fourth-order valence-corrected chi connectivity index (χ4v) is 1.91. The van der Waals surface area contributed by atoms with Crippen LogP contribution in [0.1, 0.15) is 35.6 Å². The number of ether oxygens (including phenoxy) is 1. The lowest BCUT2D eigenvalue weighted by Gasteiger charge is -2.13. The summed E-state index contributed by atoms with van der Waals surface area (Å²) >= 11 is 0. The summed E-state index contributed by atoms with van der Waals surface area (Å²) in [6.45, 7) is 7.60. The number of aromatic amines is 1. The molecule has 1 heterocycles. The molecule has 0 saturated carbocycles. The molecule has 0 radical (unpaired) electrons. The summed E-state index contributed by atoms with van der Waals surface area (Å²) in [5.74, 6) is 0.438. The van der Waals surface area contributed by atoms with Gasteiger partial charge in [-0.25, -0.2) is 0 Å². The van der Waals surface area contributed by atoms with Gasteiger partial charge in [0.15, 0.2) is 5.69 Å². The number of nitrogens with one attached hydrogen (secondary N) is 2. The van der Waals surface area contributed by atoms with Crippen molar-refractivity contribution in [2.45, 2.75) is 33.8 Å². The molecular weight excluding hydrogens is 268 g/mol. The number of rotatable bonds is 4. The summed E-state index contributed by atoms with van der Waals surface area (Å²) < 4.78 is 5.61. The van der Waals surface area contributed by atoms with E-state index >= 15 is 0 Å². The standard InChI is InChI=1S/C15H20N4O2/c1-8(2)21-11-5-6-12(9(3)7-11)17-15(20)14-13(16)10(4)18-19-14/h5-8H,16H2,1-4H3,(H,17,20)(H,18,19). The fourth-order valence-electron chi connectivity index (χ4n) is 1.91. The number of nitrogen functional groups attached to an aromatic ring is 1. The van der Waals surface area contributed by atoms with Gasteiger partial charge in [-0.3, -0.25) is 9.89 Å². The van der Waals surface area contributed by atoms with Gasteiger partial charge in [-0.05, 0) is 51.5 Å². The second kappa shape index (κ2) is 5.87. The molecule has 1 aromatic carbocycles. The molecule has 112 valence electrons. The van der Waals surface area contributed by atoms with E-state index in [0.29, 0.717) is 17.1 Å². The maximum Gasteiger partial charge on any atom is 0.278 e. The number of nitrogens with two attached hydrogens (primary N) is 1. The number of H-pyrrole nitrogens is 1. The molecule has 0 aliphatic rings. The second-order valence-electron chi connectivity index (χ2n) is 5.21. The number of hydrogen-bond donors (Lipinski definition) is 3. The summed E-state index contributed by atoms with van der Waals surface area (Å²) in [6, 6.07) is 5.51. The van der Waals surface area contributed by atoms with Crippen LogP contribution >= 0.6 is 0 Å². The van der Waals surface area contributed by atoms with Crippen molar-refractivity contribution in [3.05, 3.63) is 35.2 Å². The van der Waals surface area contributed by atoms with Crippen molar-refractivity contribution in [1.29, 1.82) is 0 Å². The molecular formula is C15H20N4O2. The van der Waals surface area contributed by atoms with Crippen LogP contribution in [-0.2, 0) is 0 Å². The Hall–Kier alpha value is -2.50. The highest BCUT2D eigenvalue weighted by Gasteiger charge is 2.16. The van der Waals surface area contributed by atoms with Gasteiger partial charge in [-0.15, -0.1) is 0 Å². The lowest BCUT2D eigenvalue weighted by Crippen LogP contribution is -2.15. The van der Waals surface area contributed by atoms with Crippen LogP contribution < -0.4 is 15.8 Å². The minimum absolute atomic E-state index is 0.108. The molecule has 0 atom stereocenters. The van der Waals surface area contributed by atoms with Gasteiger partial charge in [-0.2, -0.15) is 5.10 Å². The van der Waals surface area contributed by atoms with Gasteiger partial charge in [-0.1, -0.05) is 0 Å². The van der Waals surface area contributed by atoms with Crippen LogP contribution in [0.4, 0.5) is 11.4 Å². The van der Waals surface area contributed by atoms with Gasteiger partial charge in [0.1, 0.15) is 5.75 Å². The molecule has 6 nitrogen and oxygen atoms in total. The van der Waals surface area contributed by atoms with Crippen molar-refractivity contribution in [2.24, 2.45) is 0 Å². The van der Waals surface area contributed by atoms with Crippen LogP contribution in [0, 0.1) is 13.8 Å². The zero-order chi connectivity index (χ0) is 15.6. The third-order valence-electron chi connectivity index (χ3n) is 3.03. The van der Waals surface area contributed by atoms with E-state index in [1.165, 1.54) is 0 Å². The maximum atomic E-state index is 12.2. The summed E-state index contributed by atoms with van der Waals surface area (Å²) in [5.41, 5.74) is 8.66. The molecule has 1 amide bonds. The second-order valence-corrected chi connectivity index (χ2v) is 5.21. The fraction of sp³-hybridized carbons (Fsp3) is 0.333. The zero-order valence-corrected chi connectivity index (χ0v) is 12.7. The topological polar surface area (TPSA) is 93.0 Å². The Morgan fingerprint density at radius 1 is 1.38 bits per heavy atom. The molecule has 1 aromatic heterocycles. The molecule has 0 saturated heterocycles. The van der Waals surface area contributed by atoms with E-state index < -0.39 is 0 Å². The average Bonchev–Trinajstić information content (AvgIpc) is 2.72. The molecule has 0 bridgehead atoms. The Morgan fingerprint density at radius 2 is 2.10 bits per heavy atom. The first-order chi connectivity index (χ1) is 9.88. The van der Waals surface area contributed by atoms with E-state index in [0.717, 1.165) is 11.3 Å². The first kappa shape index (κ1) is 14.9. The van der Waals surface area contributed by atoms with Crippen molar-refractivity contribution in [2.75, 3.05) is 11.1 Å². The third kappa shape index (κ3) is 3.34. The number of amides is 1. The summed E-state index contributed by atoms with van der Waals surface area (Å²) in [4.78, 5) is 12.2. The molecule has 0 fully saturated rings. The Bertz CT molecular complexity index is 662. The lowest BCUT2D eigenvalue weighted by atomic mass is 10.2. The Labute approximate surface area is 123 Å². The smallest absolute Gasteiger partial charge is 0.278 e. The Kier molecular flexibility index (Phi) is 4.16. The SMILES string of the molecule is Cc1cc(OC(C)C)ccc1NC(=O)c1n[nH]c(C)c1N. The third-order valence-corrected chi connectivity index (χ3v) is 3.03. The van der Waals surface area contributed by atoms with E-state index in [1.54, 1.807) is 13.0 Å². The summed E-state index contributed by atoms with van der Waals surface area (Å²) in [5, 5.41) is 9.41. The number of carbonyl (C=O) groups excluding carboxylic acids is 1. The monoisotopic (exact) mass is 288 g/mol. The Morgan fingerprint density at radius 3 is 2.62 bits per heavy atom. The van der Waals surface area contributed by atoms with Crippen molar-refractivity contribution >= 4 is 17.3 Å². The van der Waals surface area contributed by atoms with Gasteiger partial charge in [0, 0.05) is 5.69 Å². The average molecular weight is 288 g/mol. The number of carbonyl (C=O) groups is 1. The predicted molar refractivity (Wildman–Crippen MR) is 82.6 cm³/mol. The van der Waals surface area contributed by atoms with Gasteiger partial charge >= 0.3 is 0 Å². The first-order valence-electron chi connectivity index (χ1n) is 6.77. The molecule has 0 unspecified atom stereocenters. The first-order valence-corrected chi connectivity index (χ1v) is 6.77. The van der Waals surface area contributed by atoms with Crippen molar-refractivity contribution in [3.8, 4) is 5.75 Å². The van der Waals surface area contributed by atoms with Crippen LogP contribution in [0.15, 0.2) is 18.2 Å². The molecule has 2 rings (SSSR count). The van der Waals surface area contributed by atoms with Gasteiger partial charge < -0.3 is 15.8 Å². The molecule has 0 spiro atoms. The van der Waals surface area contributed by atoms with Crippen LogP contribution in [-0.4, -0.2) is 22.2 Å². The van der Waals surface area contributed by atoms with Crippen LogP contribution in [0.3, 0.4) is 0 Å². The van der Waals surface area contributed by atoms with Gasteiger partial charge in [0.25, 0.3) is 5.91 Å². The highest BCUT2D eigenvalue weighted by atomic mass is 16.5. The number of aromatic nitrogens is 2. The molecule has 0 aliphatic carbocycles. The number of anilines is 2.